The molecule has 0 saturated heterocycles. The summed E-state index contributed by atoms with van der Waals surface area (Å²) in [7, 11) is 0. The Bertz CT molecular complexity index is 132. The van der Waals surface area contributed by atoms with Crippen molar-refractivity contribution in [3.05, 3.63) is 0 Å². The lowest BCUT2D eigenvalue weighted by Crippen LogP contribution is -2.16. The van der Waals surface area contributed by atoms with Crippen LogP contribution in [0.25, 0.3) is 0 Å². The first-order valence-electron chi connectivity index (χ1n) is 4.03. The van der Waals surface area contributed by atoms with Gasteiger partial charge < -0.3 is 4.84 Å². The maximum Gasteiger partial charge on any atom is 0.206 e. The lowest BCUT2D eigenvalue weighted by molar-refractivity contribution is 0.310. The molecule has 2 N–H and O–H groups in total. The Morgan fingerprint density at radius 2 is 2.09 bits per heavy atom. The van der Waals surface area contributed by atoms with Crippen LogP contribution in [0.1, 0.15) is 34.1 Å². The van der Waals surface area contributed by atoms with E-state index in [4.69, 9.17) is 5.90 Å². The fourth-order valence-electron chi connectivity index (χ4n) is 0.976. The molecule has 0 heterocycles. The van der Waals surface area contributed by atoms with Crippen LogP contribution in [-0.2, 0) is 4.84 Å². The van der Waals surface area contributed by atoms with Gasteiger partial charge in [0.05, 0.1) is 6.04 Å². The van der Waals surface area contributed by atoms with Crippen molar-refractivity contribution < 1.29 is 4.84 Å². The molecule has 0 aromatic heterocycles. The minimum absolute atomic E-state index is 0.332. The third-order valence-corrected chi connectivity index (χ3v) is 1.71. The smallest absolute Gasteiger partial charge is 0.206 e. The molecule has 0 aromatic carbocycles. The first kappa shape index (κ1) is 10.4. The molecule has 3 nitrogen and oxygen atoms in total. The average molecular weight is 158 g/mol. The Kier molecular flexibility index (Phi) is 4.86. The van der Waals surface area contributed by atoms with Crippen molar-refractivity contribution in [2.24, 2.45) is 16.8 Å². The summed E-state index contributed by atoms with van der Waals surface area (Å²) < 4.78 is 0. The van der Waals surface area contributed by atoms with Crippen molar-refractivity contribution >= 4 is 5.90 Å². The number of nitrogens with two attached hydrogens (primary N) is 1. The number of rotatable bonds is 3. The van der Waals surface area contributed by atoms with Gasteiger partial charge in [-0.15, -0.1) is 0 Å². The van der Waals surface area contributed by atoms with Crippen LogP contribution < -0.4 is 5.90 Å². The number of aliphatic imine (C=N–C) groups is 1. The van der Waals surface area contributed by atoms with E-state index in [1.807, 2.05) is 0 Å². The summed E-state index contributed by atoms with van der Waals surface area (Å²) >= 11 is 0. The molecule has 0 fully saturated rings. The minimum Gasteiger partial charge on any atom is -0.397 e. The monoisotopic (exact) mass is 158 g/mol. The molecule has 1 unspecified atom stereocenters. The molecule has 11 heavy (non-hydrogen) atoms. The highest BCUT2D eigenvalue weighted by atomic mass is 16.6. The van der Waals surface area contributed by atoms with Gasteiger partial charge in [-0.2, -0.15) is 5.90 Å². The summed E-state index contributed by atoms with van der Waals surface area (Å²) in [5, 5.41) is 0. The van der Waals surface area contributed by atoms with Crippen LogP contribution in [0.5, 0.6) is 0 Å². The highest BCUT2D eigenvalue weighted by Gasteiger charge is 2.09. The predicted molar refractivity (Wildman–Crippen MR) is 47.3 cm³/mol. The molecule has 0 aliphatic rings. The van der Waals surface area contributed by atoms with E-state index < -0.39 is 0 Å². The summed E-state index contributed by atoms with van der Waals surface area (Å²) in [6, 6.07) is 0.332. The maximum atomic E-state index is 4.94. The molecular weight excluding hydrogens is 140 g/mol. The van der Waals surface area contributed by atoms with E-state index in [9.17, 15) is 0 Å². The van der Waals surface area contributed by atoms with Crippen molar-refractivity contribution in [1.29, 1.82) is 0 Å². The van der Waals surface area contributed by atoms with Gasteiger partial charge in [-0.25, -0.2) is 0 Å². The van der Waals surface area contributed by atoms with E-state index in [1.54, 1.807) is 6.92 Å². The van der Waals surface area contributed by atoms with Crippen LogP contribution in [-0.4, -0.2) is 11.9 Å². The van der Waals surface area contributed by atoms with Crippen molar-refractivity contribution in [1.82, 2.24) is 0 Å². The van der Waals surface area contributed by atoms with Crippen LogP contribution in [0.2, 0.25) is 0 Å². The van der Waals surface area contributed by atoms with Gasteiger partial charge in [-0.3, -0.25) is 4.99 Å². The second kappa shape index (κ2) is 5.13. The van der Waals surface area contributed by atoms with Gasteiger partial charge in [-0.1, -0.05) is 20.8 Å². The van der Waals surface area contributed by atoms with Crippen LogP contribution in [0.15, 0.2) is 4.99 Å². The van der Waals surface area contributed by atoms with Crippen molar-refractivity contribution in [2.45, 2.75) is 40.2 Å². The normalized spacial score (nSPS) is 15.3. The van der Waals surface area contributed by atoms with Gasteiger partial charge in [0.2, 0.25) is 5.90 Å². The highest BCUT2D eigenvalue weighted by molar-refractivity contribution is 5.72. The van der Waals surface area contributed by atoms with E-state index in [0.29, 0.717) is 17.9 Å². The summed E-state index contributed by atoms with van der Waals surface area (Å²) in [4.78, 5) is 8.77. The van der Waals surface area contributed by atoms with Gasteiger partial charge in [0, 0.05) is 6.92 Å². The third kappa shape index (κ3) is 3.98. The zero-order valence-corrected chi connectivity index (χ0v) is 7.79. The SMILES string of the molecule is CCC(/N=C(/C)ON)C(C)C. The van der Waals surface area contributed by atoms with Crippen LogP contribution in [0.4, 0.5) is 0 Å². The predicted octanol–water partition coefficient (Wildman–Crippen LogP) is 1.73. The topological polar surface area (TPSA) is 47.6 Å². The van der Waals surface area contributed by atoms with E-state index in [-0.39, 0.29) is 0 Å². The molecule has 0 aliphatic heterocycles. The Labute approximate surface area is 68.6 Å². The molecule has 0 spiro atoms. The van der Waals surface area contributed by atoms with E-state index >= 15 is 0 Å². The Hall–Kier alpha value is -0.570. The van der Waals surface area contributed by atoms with Crippen LogP contribution >= 0.6 is 0 Å². The first-order chi connectivity index (χ1) is 5.11. The lowest BCUT2D eigenvalue weighted by atomic mass is 10.0. The van der Waals surface area contributed by atoms with Gasteiger partial charge >= 0.3 is 0 Å². The summed E-state index contributed by atoms with van der Waals surface area (Å²) in [5.41, 5.74) is 0. The summed E-state index contributed by atoms with van der Waals surface area (Å²) in [5.74, 6) is 6.05. The minimum atomic E-state index is 0.332. The van der Waals surface area contributed by atoms with Gasteiger partial charge in [-0.05, 0) is 12.3 Å². The number of nitrogens with zero attached hydrogens (tertiary/aromatic N) is 1. The third-order valence-electron chi connectivity index (χ3n) is 1.71. The standard InChI is InChI=1S/C8H18N2O/c1-5-8(6(2)3)10-7(4)11-9/h6,8H,5,9H2,1-4H3/b10-7-. The molecule has 66 valence electrons. The lowest BCUT2D eigenvalue weighted by Gasteiger charge is -2.14. The van der Waals surface area contributed by atoms with E-state index in [2.05, 4.69) is 30.6 Å². The highest BCUT2D eigenvalue weighted by Crippen LogP contribution is 2.10. The number of hydrogen-bond acceptors (Lipinski definition) is 3. The molecule has 0 bridgehead atoms. The van der Waals surface area contributed by atoms with Crippen LogP contribution in [0, 0.1) is 5.92 Å². The molecule has 3 heteroatoms. The van der Waals surface area contributed by atoms with Gasteiger partial charge in [0.1, 0.15) is 0 Å². The first-order valence-corrected chi connectivity index (χ1v) is 4.03. The zero-order chi connectivity index (χ0) is 8.85. The van der Waals surface area contributed by atoms with Crippen molar-refractivity contribution in [3.8, 4) is 0 Å². The summed E-state index contributed by atoms with van der Waals surface area (Å²) in [6.07, 6.45) is 1.03. The van der Waals surface area contributed by atoms with Crippen molar-refractivity contribution in [3.63, 3.8) is 0 Å². The fraction of sp³-hybridized carbons (Fsp3) is 0.875. The molecule has 0 rings (SSSR count). The quantitative estimate of drug-likeness (QED) is 0.386. The fourth-order valence-corrected chi connectivity index (χ4v) is 0.976. The molecule has 0 aliphatic carbocycles. The van der Waals surface area contributed by atoms with Gasteiger partial charge in [0.15, 0.2) is 0 Å². The average Bonchev–Trinajstić information content (AvgIpc) is 1.99. The van der Waals surface area contributed by atoms with Gasteiger partial charge in [0.25, 0.3) is 0 Å². The molecule has 0 amide bonds. The molecule has 0 radical (unpaired) electrons. The largest absolute Gasteiger partial charge is 0.397 e. The Balaban J connectivity index is 4.06. The van der Waals surface area contributed by atoms with Crippen LogP contribution in [0.3, 0.4) is 0 Å². The molecule has 1 atom stereocenters. The second-order valence-corrected chi connectivity index (χ2v) is 2.99. The number of hydrogen-bond donors (Lipinski definition) is 1. The summed E-state index contributed by atoms with van der Waals surface area (Å²) in [6.45, 7) is 8.16. The maximum absolute atomic E-state index is 4.94. The Morgan fingerprint density at radius 3 is 2.36 bits per heavy atom. The van der Waals surface area contributed by atoms with Crippen molar-refractivity contribution in [2.75, 3.05) is 0 Å². The Morgan fingerprint density at radius 1 is 1.55 bits per heavy atom. The molecule has 0 saturated carbocycles. The molecular formula is C8H18N2O. The van der Waals surface area contributed by atoms with E-state index in [1.165, 1.54) is 0 Å². The zero-order valence-electron chi connectivity index (χ0n) is 7.79. The second-order valence-electron chi connectivity index (χ2n) is 2.99. The molecule has 0 aromatic rings. The van der Waals surface area contributed by atoms with E-state index in [0.717, 1.165) is 6.42 Å².